The Hall–Kier alpha value is -2.64. The molecule has 2 aromatic carbocycles. The van der Waals surface area contributed by atoms with E-state index in [1.54, 1.807) is 30.3 Å². The summed E-state index contributed by atoms with van der Waals surface area (Å²) in [5.41, 5.74) is 1.13. The Morgan fingerprint density at radius 1 is 1.27 bits per heavy atom. The van der Waals surface area contributed by atoms with E-state index in [1.165, 1.54) is 12.1 Å². The molecule has 7 heteroatoms. The largest absolute Gasteiger partial charge is 0.494 e. The van der Waals surface area contributed by atoms with Crippen molar-refractivity contribution in [3.63, 3.8) is 0 Å². The fourth-order valence-electron chi connectivity index (χ4n) is 3.46. The second-order valence-electron chi connectivity index (χ2n) is 7.56. The van der Waals surface area contributed by atoms with Crippen LogP contribution in [0.2, 0.25) is 0 Å². The predicted octanol–water partition coefficient (Wildman–Crippen LogP) is 4.19. The number of benzene rings is 2. The fraction of sp³-hybridized carbons (Fsp3) is 0.348. The molecule has 0 aliphatic heterocycles. The number of allylic oxidation sites excluding steroid dienone is 2. The quantitative estimate of drug-likeness (QED) is 0.624. The van der Waals surface area contributed by atoms with E-state index in [4.69, 9.17) is 4.74 Å². The van der Waals surface area contributed by atoms with Crippen LogP contribution < -0.4 is 9.46 Å². The Labute approximate surface area is 177 Å². The molecule has 30 heavy (non-hydrogen) atoms. The summed E-state index contributed by atoms with van der Waals surface area (Å²) >= 11 is 0. The fourth-order valence-corrected chi connectivity index (χ4v) is 4.87. The van der Waals surface area contributed by atoms with Gasteiger partial charge in [0.1, 0.15) is 11.3 Å². The summed E-state index contributed by atoms with van der Waals surface area (Å²) in [7, 11) is -4.00. The van der Waals surface area contributed by atoms with Crippen LogP contribution in [0.4, 0.5) is 0 Å². The molecule has 0 radical (unpaired) electrons. The van der Waals surface area contributed by atoms with E-state index in [-0.39, 0.29) is 11.3 Å². The molecule has 0 spiro atoms. The number of nitrogens with one attached hydrogen (secondary N) is 1. The van der Waals surface area contributed by atoms with Gasteiger partial charge in [-0.1, -0.05) is 37.3 Å². The molecule has 160 valence electrons. The van der Waals surface area contributed by atoms with Crippen LogP contribution in [0.3, 0.4) is 0 Å². The third kappa shape index (κ3) is 4.42. The van der Waals surface area contributed by atoms with Gasteiger partial charge in [0.05, 0.1) is 11.5 Å². The highest BCUT2D eigenvalue weighted by molar-refractivity contribution is 7.89. The maximum absolute atomic E-state index is 12.9. The van der Waals surface area contributed by atoms with Crippen LogP contribution in [0.5, 0.6) is 5.75 Å². The molecule has 0 aromatic heterocycles. The zero-order valence-corrected chi connectivity index (χ0v) is 18.2. The lowest BCUT2D eigenvalue weighted by Gasteiger charge is -2.16. The molecular weight excluding hydrogens is 402 g/mol. The lowest BCUT2D eigenvalue weighted by Crippen LogP contribution is -2.44. The molecule has 2 N–H and O–H groups in total. The van der Waals surface area contributed by atoms with E-state index >= 15 is 0 Å². The number of hydrogen-bond donors (Lipinski definition) is 2. The number of ether oxygens (including phenoxy) is 1. The van der Waals surface area contributed by atoms with Crippen LogP contribution in [-0.2, 0) is 14.8 Å². The number of hydrogen-bond acceptors (Lipinski definition) is 4. The van der Waals surface area contributed by atoms with Crippen LogP contribution >= 0.6 is 0 Å². The number of aliphatic carboxylic acids is 1. The van der Waals surface area contributed by atoms with Crippen molar-refractivity contribution in [2.24, 2.45) is 0 Å². The summed E-state index contributed by atoms with van der Waals surface area (Å²) < 4.78 is 33.9. The zero-order valence-electron chi connectivity index (χ0n) is 17.4. The second kappa shape index (κ2) is 8.62. The van der Waals surface area contributed by atoms with Gasteiger partial charge in [-0.25, -0.2) is 8.42 Å². The molecule has 1 fully saturated rings. The minimum absolute atomic E-state index is 0.0430. The van der Waals surface area contributed by atoms with Crippen LogP contribution in [-0.4, -0.2) is 31.6 Å². The van der Waals surface area contributed by atoms with Crippen molar-refractivity contribution >= 4 is 21.6 Å². The number of sulfonamides is 1. The first-order chi connectivity index (χ1) is 14.2. The summed E-state index contributed by atoms with van der Waals surface area (Å²) in [5, 5.41) is 9.84. The van der Waals surface area contributed by atoms with Gasteiger partial charge in [-0.2, -0.15) is 4.72 Å². The SMILES string of the molecule is C/C=C(\C)c1ccc(S(=O)(=O)NC2(C(=O)O)CC2c2cccc(OCCC)c2)cc1. The van der Waals surface area contributed by atoms with E-state index in [0.717, 1.165) is 23.1 Å². The van der Waals surface area contributed by atoms with Crippen molar-refractivity contribution < 1.29 is 23.1 Å². The van der Waals surface area contributed by atoms with Crippen molar-refractivity contribution in [1.82, 2.24) is 4.72 Å². The maximum Gasteiger partial charge on any atom is 0.325 e. The van der Waals surface area contributed by atoms with Crippen molar-refractivity contribution in [2.75, 3.05) is 6.61 Å². The number of rotatable bonds is 9. The van der Waals surface area contributed by atoms with E-state index in [9.17, 15) is 18.3 Å². The molecule has 2 aromatic rings. The molecule has 6 nitrogen and oxygen atoms in total. The second-order valence-corrected chi connectivity index (χ2v) is 9.24. The standard InChI is InChI=1S/C23H27NO5S/c1-4-13-29-19-8-6-7-18(14-19)21-15-23(21,22(25)26)24-30(27,28)20-11-9-17(10-12-20)16(3)5-2/h5-12,14,21,24H,4,13,15H2,1-3H3,(H,25,26)/b16-5+. The van der Waals surface area contributed by atoms with Crippen LogP contribution in [0.1, 0.15) is 50.7 Å². The highest BCUT2D eigenvalue weighted by atomic mass is 32.2. The van der Waals surface area contributed by atoms with Gasteiger partial charge in [0.2, 0.25) is 10.0 Å². The van der Waals surface area contributed by atoms with Crippen LogP contribution in [0, 0.1) is 0 Å². The number of carbonyl (C=O) groups is 1. The van der Waals surface area contributed by atoms with Crippen LogP contribution in [0.15, 0.2) is 59.5 Å². The molecule has 1 saturated carbocycles. The minimum atomic E-state index is -4.00. The Morgan fingerprint density at radius 3 is 2.57 bits per heavy atom. The summed E-state index contributed by atoms with van der Waals surface area (Å²) in [4.78, 5) is 12.1. The average molecular weight is 430 g/mol. The monoisotopic (exact) mass is 429 g/mol. The van der Waals surface area contributed by atoms with E-state index < -0.39 is 27.4 Å². The Kier molecular flexibility index (Phi) is 6.33. The highest BCUT2D eigenvalue weighted by Crippen LogP contribution is 2.53. The van der Waals surface area contributed by atoms with Gasteiger partial charge in [0, 0.05) is 5.92 Å². The Balaban J connectivity index is 1.84. The average Bonchev–Trinajstić information content (AvgIpc) is 3.47. The third-order valence-corrected chi connectivity index (χ3v) is 6.97. The predicted molar refractivity (Wildman–Crippen MR) is 116 cm³/mol. The normalized spacial score (nSPS) is 21.3. The number of carboxylic acids is 1. The number of carboxylic acid groups (broad SMARTS) is 1. The van der Waals surface area contributed by atoms with Crippen molar-refractivity contribution in [2.45, 2.75) is 50.0 Å². The van der Waals surface area contributed by atoms with Gasteiger partial charge in [0.15, 0.2) is 0 Å². The summed E-state index contributed by atoms with van der Waals surface area (Å²) in [5.74, 6) is -0.991. The lowest BCUT2D eigenvalue weighted by atomic mass is 10.1. The van der Waals surface area contributed by atoms with Crippen molar-refractivity contribution in [3.05, 3.63) is 65.7 Å². The molecule has 2 unspecified atom stereocenters. The van der Waals surface area contributed by atoms with Crippen molar-refractivity contribution in [1.29, 1.82) is 0 Å². The lowest BCUT2D eigenvalue weighted by molar-refractivity contribution is -0.140. The minimum Gasteiger partial charge on any atom is -0.494 e. The first-order valence-corrected chi connectivity index (χ1v) is 11.5. The molecule has 0 saturated heterocycles. The molecule has 2 atom stereocenters. The van der Waals surface area contributed by atoms with E-state index in [0.29, 0.717) is 12.4 Å². The molecule has 1 aliphatic rings. The van der Waals surface area contributed by atoms with Crippen LogP contribution in [0.25, 0.3) is 5.57 Å². The van der Waals surface area contributed by atoms with E-state index in [2.05, 4.69) is 4.72 Å². The third-order valence-electron chi connectivity index (χ3n) is 5.45. The molecule has 0 bridgehead atoms. The van der Waals surface area contributed by atoms with Crippen molar-refractivity contribution in [3.8, 4) is 5.75 Å². The Bertz CT molecular complexity index is 1060. The first-order valence-electron chi connectivity index (χ1n) is 9.97. The molecule has 1 aliphatic carbocycles. The topological polar surface area (TPSA) is 92.7 Å². The zero-order chi connectivity index (χ0) is 21.9. The molecule has 0 amide bonds. The van der Waals surface area contributed by atoms with E-state index in [1.807, 2.05) is 32.9 Å². The summed E-state index contributed by atoms with van der Waals surface area (Å²) in [6.07, 6.45) is 2.99. The first kappa shape index (κ1) is 22.1. The van der Waals surface area contributed by atoms with Gasteiger partial charge in [-0.15, -0.1) is 0 Å². The van der Waals surface area contributed by atoms with Gasteiger partial charge in [-0.05, 0) is 67.7 Å². The smallest absolute Gasteiger partial charge is 0.325 e. The highest BCUT2D eigenvalue weighted by Gasteiger charge is 2.63. The summed E-state index contributed by atoms with van der Waals surface area (Å²) in [6.45, 7) is 6.41. The molecular formula is C23H27NO5S. The molecule has 0 heterocycles. The Morgan fingerprint density at radius 2 is 1.97 bits per heavy atom. The van der Waals surface area contributed by atoms with Gasteiger partial charge >= 0.3 is 5.97 Å². The van der Waals surface area contributed by atoms with Gasteiger partial charge in [-0.3, -0.25) is 4.79 Å². The van der Waals surface area contributed by atoms with Gasteiger partial charge in [0.25, 0.3) is 0 Å². The maximum atomic E-state index is 12.9. The van der Waals surface area contributed by atoms with Gasteiger partial charge < -0.3 is 9.84 Å². The summed E-state index contributed by atoms with van der Waals surface area (Å²) in [6, 6.07) is 13.6. The molecule has 3 rings (SSSR count).